The molecule has 1 aromatic rings. The Balaban J connectivity index is 2.00. The maximum Gasteiger partial charge on any atom is 0.245 e. The minimum atomic E-state index is -0.312. The van der Waals surface area contributed by atoms with Crippen LogP contribution < -0.4 is 10.6 Å². The number of pyridine rings is 1. The highest BCUT2D eigenvalue weighted by atomic mass is 79.9. The van der Waals surface area contributed by atoms with Gasteiger partial charge in [-0.2, -0.15) is 0 Å². The molecular formula is C10H10BrN3O. The molecule has 1 aliphatic carbocycles. The first-order valence-electron chi connectivity index (χ1n) is 4.91. The molecule has 0 saturated heterocycles. The number of nitrogens with one attached hydrogen (secondary N) is 2. The number of aromatic nitrogens is 1. The van der Waals surface area contributed by atoms with Crippen molar-refractivity contribution >= 4 is 27.7 Å². The molecule has 2 N–H and O–H groups in total. The number of amides is 1. The Morgan fingerprint density at radius 2 is 2.27 bits per heavy atom. The van der Waals surface area contributed by atoms with Gasteiger partial charge in [-0.3, -0.25) is 10.1 Å². The van der Waals surface area contributed by atoms with Gasteiger partial charge in [-0.25, -0.2) is 4.98 Å². The van der Waals surface area contributed by atoms with Crippen molar-refractivity contribution in [2.24, 2.45) is 0 Å². The van der Waals surface area contributed by atoms with E-state index in [1.807, 2.05) is 6.07 Å². The molecule has 5 heteroatoms. The predicted molar refractivity (Wildman–Crippen MR) is 59.4 cm³/mol. The molecule has 0 radical (unpaired) electrons. The van der Waals surface area contributed by atoms with E-state index in [0.717, 1.165) is 22.9 Å². The Morgan fingerprint density at radius 1 is 1.47 bits per heavy atom. The summed E-state index contributed by atoms with van der Waals surface area (Å²) in [4.78, 5) is 16.0. The second kappa shape index (κ2) is 3.02. The first-order chi connectivity index (χ1) is 7.20. The largest absolute Gasteiger partial charge is 0.309 e. The fourth-order valence-corrected chi connectivity index (χ4v) is 2.21. The zero-order valence-corrected chi connectivity index (χ0v) is 9.60. The Hall–Kier alpha value is -0.940. The average molecular weight is 268 g/mol. The SMILES string of the molecule is O=C1Nc2ncc(Br)cc2CNC12CC2. The van der Waals surface area contributed by atoms with Gasteiger partial charge in [-0.15, -0.1) is 0 Å². The van der Waals surface area contributed by atoms with E-state index in [-0.39, 0.29) is 11.4 Å². The fraction of sp³-hybridized carbons (Fsp3) is 0.400. The van der Waals surface area contributed by atoms with Crippen molar-refractivity contribution in [1.82, 2.24) is 10.3 Å². The zero-order valence-electron chi connectivity index (χ0n) is 8.01. The van der Waals surface area contributed by atoms with Crippen molar-refractivity contribution in [3.63, 3.8) is 0 Å². The van der Waals surface area contributed by atoms with Gasteiger partial charge < -0.3 is 5.32 Å². The van der Waals surface area contributed by atoms with E-state index in [4.69, 9.17) is 0 Å². The van der Waals surface area contributed by atoms with Gasteiger partial charge in [0, 0.05) is 22.8 Å². The van der Waals surface area contributed by atoms with Gasteiger partial charge in [0.1, 0.15) is 5.82 Å². The standard InChI is InChI=1S/C10H10BrN3O/c11-7-3-6-4-13-10(1-2-10)9(15)14-8(6)12-5-7/h3,5,13H,1-2,4H2,(H,12,14,15). The van der Waals surface area contributed by atoms with Crippen molar-refractivity contribution < 1.29 is 4.79 Å². The van der Waals surface area contributed by atoms with Gasteiger partial charge in [0.2, 0.25) is 5.91 Å². The molecule has 3 rings (SSSR count). The van der Waals surface area contributed by atoms with Gasteiger partial charge in [0.05, 0.1) is 5.54 Å². The average Bonchev–Trinajstić information content (AvgIpc) is 3.00. The fourth-order valence-electron chi connectivity index (χ4n) is 1.83. The van der Waals surface area contributed by atoms with E-state index < -0.39 is 0 Å². The highest BCUT2D eigenvalue weighted by Crippen LogP contribution is 2.38. The van der Waals surface area contributed by atoms with E-state index in [9.17, 15) is 4.79 Å². The molecule has 2 aliphatic rings. The molecule has 0 bridgehead atoms. The molecule has 1 aliphatic heterocycles. The summed E-state index contributed by atoms with van der Waals surface area (Å²) in [7, 11) is 0. The maximum atomic E-state index is 11.8. The van der Waals surface area contributed by atoms with E-state index in [1.165, 1.54) is 0 Å². The second-order valence-corrected chi connectivity index (χ2v) is 4.97. The molecule has 78 valence electrons. The van der Waals surface area contributed by atoms with E-state index in [1.54, 1.807) is 6.20 Å². The van der Waals surface area contributed by atoms with Crippen LogP contribution in [-0.2, 0) is 11.3 Å². The second-order valence-electron chi connectivity index (χ2n) is 4.05. The van der Waals surface area contributed by atoms with Gasteiger partial charge in [-0.05, 0) is 34.8 Å². The molecule has 1 aromatic heterocycles. The van der Waals surface area contributed by atoms with Crippen molar-refractivity contribution in [3.8, 4) is 0 Å². The Kier molecular flexibility index (Phi) is 1.87. The monoisotopic (exact) mass is 267 g/mol. The first kappa shape index (κ1) is 9.30. The lowest BCUT2D eigenvalue weighted by Gasteiger charge is -2.10. The van der Waals surface area contributed by atoms with Crippen molar-refractivity contribution in [2.75, 3.05) is 5.32 Å². The zero-order chi connectivity index (χ0) is 10.5. The number of rotatable bonds is 0. The van der Waals surface area contributed by atoms with Crippen LogP contribution in [0.25, 0.3) is 0 Å². The number of hydrogen-bond donors (Lipinski definition) is 2. The molecule has 0 aromatic carbocycles. The van der Waals surface area contributed by atoms with Gasteiger partial charge >= 0.3 is 0 Å². The summed E-state index contributed by atoms with van der Waals surface area (Å²) >= 11 is 3.37. The highest BCUT2D eigenvalue weighted by Gasteiger charge is 2.50. The van der Waals surface area contributed by atoms with Crippen LogP contribution in [0.5, 0.6) is 0 Å². The molecule has 1 saturated carbocycles. The lowest BCUT2D eigenvalue weighted by molar-refractivity contribution is -0.119. The van der Waals surface area contributed by atoms with Gasteiger partial charge in [0.25, 0.3) is 0 Å². The van der Waals surface area contributed by atoms with Crippen LogP contribution in [0.15, 0.2) is 16.7 Å². The number of carbonyl (C=O) groups excluding carboxylic acids is 1. The Labute approximate surface area is 95.6 Å². The topological polar surface area (TPSA) is 54.0 Å². The maximum absolute atomic E-state index is 11.8. The lowest BCUT2D eigenvalue weighted by Crippen LogP contribution is -2.40. The third kappa shape index (κ3) is 1.46. The normalized spacial score (nSPS) is 21.8. The summed E-state index contributed by atoms with van der Waals surface area (Å²) in [5, 5.41) is 6.16. The predicted octanol–water partition coefficient (Wildman–Crippen LogP) is 1.42. The molecule has 15 heavy (non-hydrogen) atoms. The van der Waals surface area contributed by atoms with Crippen LogP contribution in [-0.4, -0.2) is 16.4 Å². The van der Waals surface area contributed by atoms with Crippen LogP contribution in [0.1, 0.15) is 18.4 Å². The van der Waals surface area contributed by atoms with Crippen LogP contribution in [0, 0.1) is 0 Å². The molecule has 0 atom stereocenters. The minimum Gasteiger partial charge on any atom is -0.309 e. The first-order valence-corrected chi connectivity index (χ1v) is 5.70. The Morgan fingerprint density at radius 3 is 3.00 bits per heavy atom. The summed E-state index contributed by atoms with van der Waals surface area (Å²) in [6.45, 7) is 0.695. The molecule has 4 nitrogen and oxygen atoms in total. The molecule has 1 amide bonds. The van der Waals surface area contributed by atoms with Crippen molar-refractivity contribution in [2.45, 2.75) is 24.9 Å². The molecule has 1 fully saturated rings. The molecule has 2 heterocycles. The quantitative estimate of drug-likeness (QED) is 0.748. The summed E-state index contributed by atoms with van der Waals surface area (Å²) in [5.41, 5.74) is 0.717. The van der Waals surface area contributed by atoms with Crippen molar-refractivity contribution in [1.29, 1.82) is 0 Å². The number of halogens is 1. The summed E-state index contributed by atoms with van der Waals surface area (Å²) in [6, 6.07) is 1.98. The van der Waals surface area contributed by atoms with Crippen LogP contribution in [0.4, 0.5) is 5.82 Å². The number of anilines is 1. The number of carbonyl (C=O) groups is 1. The lowest BCUT2D eigenvalue weighted by atomic mass is 10.2. The highest BCUT2D eigenvalue weighted by molar-refractivity contribution is 9.10. The van der Waals surface area contributed by atoms with Crippen LogP contribution >= 0.6 is 15.9 Å². The summed E-state index contributed by atoms with van der Waals surface area (Å²) < 4.78 is 0.934. The van der Waals surface area contributed by atoms with E-state index in [0.29, 0.717) is 12.4 Å². The molecule has 0 unspecified atom stereocenters. The van der Waals surface area contributed by atoms with Crippen LogP contribution in [0.3, 0.4) is 0 Å². The van der Waals surface area contributed by atoms with Gasteiger partial charge in [0.15, 0.2) is 0 Å². The Bertz CT molecular complexity index is 442. The third-order valence-electron chi connectivity index (χ3n) is 2.97. The van der Waals surface area contributed by atoms with Crippen LogP contribution in [0.2, 0.25) is 0 Å². The van der Waals surface area contributed by atoms with Crippen molar-refractivity contribution in [3.05, 3.63) is 22.3 Å². The van der Waals surface area contributed by atoms with E-state index in [2.05, 4.69) is 31.5 Å². The number of hydrogen-bond acceptors (Lipinski definition) is 3. The van der Waals surface area contributed by atoms with E-state index >= 15 is 0 Å². The molecular weight excluding hydrogens is 258 g/mol. The number of nitrogens with zero attached hydrogens (tertiary/aromatic N) is 1. The summed E-state index contributed by atoms with van der Waals surface area (Å²) in [5.74, 6) is 0.732. The van der Waals surface area contributed by atoms with Gasteiger partial charge in [-0.1, -0.05) is 0 Å². The summed E-state index contributed by atoms with van der Waals surface area (Å²) in [6.07, 6.45) is 3.55. The minimum absolute atomic E-state index is 0.0519. The molecule has 1 spiro atoms. The smallest absolute Gasteiger partial charge is 0.245 e. The number of fused-ring (bicyclic) bond motifs is 1. The third-order valence-corrected chi connectivity index (χ3v) is 3.40.